The van der Waals surface area contributed by atoms with E-state index in [9.17, 15) is 4.79 Å². The number of aromatic nitrogens is 2. The summed E-state index contributed by atoms with van der Waals surface area (Å²) in [6.45, 7) is 2.03. The SMILES string of the molecule is CCCc1[nH]nc(N)c1C(=O)NC. The number of anilines is 1. The highest BCUT2D eigenvalue weighted by molar-refractivity contribution is 5.99. The summed E-state index contributed by atoms with van der Waals surface area (Å²) in [7, 11) is 1.57. The van der Waals surface area contributed by atoms with Gasteiger partial charge in [-0.15, -0.1) is 0 Å². The lowest BCUT2D eigenvalue weighted by Gasteiger charge is -2.00. The minimum atomic E-state index is -0.185. The molecule has 1 aromatic heterocycles. The van der Waals surface area contributed by atoms with E-state index in [1.165, 1.54) is 0 Å². The van der Waals surface area contributed by atoms with Gasteiger partial charge in [-0.05, 0) is 6.42 Å². The topological polar surface area (TPSA) is 83.8 Å². The Hall–Kier alpha value is -1.52. The van der Waals surface area contributed by atoms with Crippen molar-refractivity contribution in [2.24, 2.45) is 0 Å². The van der Waals surface area contributed by atoms with E-state index in [4.69, 9.17) is 5.73 Å². The van der Waals surface area contributed by atoms with E-state index in [1.54, 1.807) is 7.05 Å². The second-order valence-electron chi connectivity index (χ2n) is 2.79. The van der Waals surface area contributed by atoms with E-state index in [2.05, 4.69) is 15.5 Å². The second kappa shape index (κ2) is 3.93. The predicted octanol–water partition coefficient (Wildman–Crippen LogP) is 0.304. The molecule has 0 radical (unpaired) electrons. The normalized spacial score (nSPS) is 10.0. The number of rotatable bonds is 3. The smallest absolute Gasteiger partial charge is 0.256 e. The van der Waals surface area contributed by atoms with Crippen molar-refractivity contribution in [2.45, 2.75) is 19.8 Å². The maximum absolute atomic E-state index is 11.3. The highest BCUT2D eigenvalue weighted by Crippen LogP contribution is 2.14. The maximum atomic E-state index is 11.3. The lowest BCUT2D eigenvalue weighted by Crippen LogP contribution is -2.20. The Kier molecular flexibility index (Phi) is 2.89. The average molecular weight is 182 g/mol. The Balaban J connectivity index is 3.01. The second-order valence-corrected chi connectivity index (χ2v) is 2.79. The van der Waals surface area contributed by atoms with E-state index in [0.29, 0.717) is 5.56 Å². The van der Waals surface area contributed by atoms with Gasteiger partial charge in [0.15, 0.2) is 5.82 Å². The van der Waals surface area contributed by atoms with Crippen LogP contribution in [0.25, 0.3) is 0 Å². The van der Waals surface area contributed by atoms with Gasteiger partial charge in [-0.2, -0.15) is 5.10 Å². The highest BCUT2D eigenvalue weighted by atomic mass is 16.1. The van der Waals surface area contributed by atoms with Gasteiger partial charge < -0.3 is 11.1 Å². The zero-order valence-corrected chi connectivity index (χ0v) is 7.85. The molecule has 4 N–H and O–H groups in total. The van der Waals surface area contributed by atoms with Crippen LogP contribution in [0.3, 0.4) is 0 Å². The van der Waals surface area contributed by atoms with Gasteiger partial charge in [0, 0.05) is 7.05 Å². The summed E-state index contributed by atoms with van der Waals surface area (Å²) in [4.78, 5) is 11.3. The van der Waals surface area contributed by atoms with Gasteiger partial charge in [-0.1, -0.05) is 13.3 Å². The first-order valence-electron chi connectivity index (χ1n) is 4.25. The summed E-state index contributed by atoms with van der Waals surface area (Å²) in [6.07, 6.45) is 1.73. The molecule has 0 atom stereocenters. The number of amides is 1. The van der Waals surface area contributed by atoms with Crippen LogP contribution >= 0.6 is 0 Å². The third kappa shape index (κ3) is 1.80. The molecule has 13 heavy (non-hydrogen) atoms. The first-order chi connectivity index (χ1) is 6.20. The first-order valence-corrected chi connectivity index (χ1v) is 4.25. The number of carbonyl (C=O) groups excluding carboxylic acids is 1. The molecular formula is C8H14N4O. The number of nitrogens with one attached hydrogen (secondary N) is 2. The lowest BCUT2D eigenvalue weighted by atomic mass is 10.1. The summed E-state index contributed by atoms with van der Waals surface area (Å²) in [5.41, 5.74) is 6.83. The van der Waals surface area contributed by atoms with Crippen molar-refractivity contribution < 1.29 is 4.79 Å². The fourth-order valence-corrected chi connectivity index (χ4v) is 1.20. The molecule has 72 valence electrons. The van der Waals surface area contributed by atoms with Crippen LogP contribution in [-0.2, 0) is 6.42 Å². The van der Waals surface area contributed by atoms with Crippen LogP contribution in [-0.4, -0.2) is 23.2 Å². The van der Waals surface area contributed by atoms with Crippen LogP contribution in [0.4, 0.5) is 5.82 Å². The molecule has 1 aromatic rings. The van der Waals surface area contributed by atoms with Gasteiger partial charge in [-0.3, -0.25) is 9.89 Å². The first kappa shape index (κ1) is 9.57. The van der Waals surface area contributed by atoms with Crippen molar-refractivity contribution in [3.8, 4) is 0 Å². The Morgan fingerprint density at radius 1 is 1.69 bits per heavy atom. The van der Waals surface area contributed by atoms with E-state index < -0.39 is 0 Å². The Bertz CT molecular complexity index is 305. The lowest BCUT2D eigenvalue weighted by molar-refractivity contribution is 0.0963. The number of aromatic amines is 1. The maximum Gasteiger partial charge on any atom is 0.256 e. The molecule has 1 amide bonds. The minimum Gasteiger partial charge on any atom is -0.382 e. The molecule has 1 rings (SSSR count). The molecule has 0 saturated carbocycles. The van der Waals surface area contributed by atoms with E-state index >= 15 is 0 Å². The molecule has 0 spiro atoms. The Morgan fingerprint density at radius 2 is 2.38 bits per heavy atom. The molecule has 0 bridgehead atoms. The van der Waals surface area contributed by atoms with E-state index in [1.807, 2.05) is 6.92 Å². The van der Waals surface area contributed by atoms with Crippen molar-refractivity contribution in [1.82, 2.24) is 15.5 Å². The molecule has 0 aliphatic rings. The van der Waals surface area contributed by atoms with Gasteiger partial charge in [-0.25, -0.2) is 0 Å². The van der Waals surface area contributed by atoms with Crippen LogP contribution in [0.15, 0.2) is 0 Å². The van der Waals surface area contributed by atoms with Crippen molar-refractivity contribution >= 4 is 11.7 Å². The Labute approximate surface area is 76.7 Å². The fourth-order valence-electron chi connectivity index (χ4n) is 1.20. The van der Waals surface area contributed by atoms with Crippen molar-refractivity contribution in [2.75, 3.05) is 12.8 Å². The molecule has 0 aliphatic carbocycles. The quantitative estimate of drug-likeness (QED) is 0.628. The molecule has 0 aromatic carbocycles. The van der Waals surface area contributed by atoms with Gasteiger partial charge in [0.05, 0.1) is 5.69 Å². The number of nitrogens with zero attached hydrogens (tertiary/aromatic N) is 1. The number of nitrogen functional groups attached to an aromatic ring is 1. The number of aryl methyl sites for hydroxylation is 1. The summed E-state index contributed by atoms with van der Waals surface area (Å²) >= 11 is 0. The molecular weight excluding hydrogens is 168 g/mol. The minimum absolute atomic E-state index is 0.185. The standard InChI is InChI=1S/C8H14N4O/c1-3-4-5-6(8(13)10-2)7(9)12-11-5/h3-4H2,1-2H3,(H,10,13)(H3,9,11,12). The summed E-state index contributed by atoms with van der Waals surface area (Å²) < 4.78 is 0. The molecule has 5 nitrogen and oxygen atoms in total. The number of hydrogen-bond acceptors (Lipinski definition) is 3. The highest BCUT2D eigenvalue weighted by Gasteiger charge is 2.16. The fraction of sp³-hybridized carbons (Fsp3) is 0.500. The van der Waals surface area contributed by atoms with Crippen molar-refractivity contribution in [1.29, 1.82) is 0 Å². The molecule has 1 heterocycles. The summed E-state index contributed by atoms with van der Waals surface area (Å²) in [5.74, 6) is 0.0810. The van der Waals surface area contributed by atoms with Crippen molar-refractivity contribution in [3.05, 3.63) is 11.3 Å². The van der Waals surface area contributed by atoms with Gasteiger partial charge in [0.2, 0.25) is 0 Å². The predicted molar refractivity (Wildman–Crippen MR) is 50.4 cm³/mol. The number of hydrogen-bond donors (Lipinski definition) is 3. The van der Waals surface area contributed by atoms with Crippen LogP contribution in [0.2, 0.25) is 0 Å². The van der Waals surface area contributed by atoms with Gasteiger partial charge in [0.25, 0.3) is 5.91 Å². The number of nitrogens with two attached hydrogens (primary N) is 1. The van der Waals surface area contributed by atoms with Crippen LogP contribution in [0, 0.1) is 0 Å². The van der Waals surface area contributed by atoms with Crippen LogP contribution in [0.5, 0.6) is 0 Å². The zero-order chi connectivity index (χ0) is 9.84. The molecule has 0 fully saturated rings. The Morgan fingerprint density at radius 3 is 2.92 bits per heavy atom. The van der Waals surface area contributed by atoms with E-state index in [0.717, 1.165) is 18.5 Å². The van der Waals surface area contributed by atoms with Gasteiger partial charge in [0.1, 0.15) is 5.56 Å². The monoisotopic (exact) mass is 182 g/mol. The number of H-pyrrole nitrogens is 1. The third-order valence-electron chi connectivity index (χ3n) is 1.82. The number of carbonyl (C=O) groups is 1. The summed E-state index contributed by atoms with van der Waals surface area (Å²) in [6, 6.07) is 0. The molecule has 0 unspecified atom stereocenters. The average Bonchev–Trinajstić information content (AvgIpc) is 2.47. The third-order valence-corrected chi connectivity index (χ3v) is 1.82. The zero-order valence-electron chi connectivity index (χ0n) is 7.85. The van der Waals surface area contributed by atoms with E-state index in [-0.39, 0.29) is 11.7 Å². The van der Waals surface area contributed by atoms with Crippen LogP contribution in [0.1, 0.15) is 29.4 Å². The van der Waals surface area contributed by atoms with Gasteiger partial charge >= 0.3 is 0 Å². The molecule has 0 aliphatic heterocycles. The molecule has 0 saturated heterocycles. The van der Waals surface area contributed by atoms with Crippen molar-refractivity contribution in [3.63, 3.8) is 0 Å². The molecule has 5 heteroatoms. The van der Waals surface area contributed by atoms with Crippen LogP contribution < -0.4 is 11.1 Å². The summed E-state index contributed by atoms with van der Waals surface area (Å²) in [5, 5.41) is 9.08. The largest absolute Gasteiger partial charge is 0.382 e.